The summed E-state index contributed by atoms with van der Waals surface area (Å²) in [5, 5.41) is 1.17. The predicted molar refractivity (Wildman–Crippen MR) is 196 cm³/mol. The van der Waals surface area contributed by atoms with Crippen LogP contribution in [0.3, 0.4) is 0 Å². The van der Waals surface area contributed by atoms with Gasteiger partial charge in [-0.15, -0.1) is 0 Å². The van der Waals surface area contributed by atoms with E-state index >= 15 is 0 Å². The van der Waals surface area contributed by atoms with Crippen molar-refractivity contribution in [3.63, 3.8) is 0 Å². The monoisotopic (exact) mass is 593 g/mol. The minimum absolute atomic E-state index is 0.993. The Morgan fingerprint density at radius 1 is 0.348 bits per heavy atom. The van der Waals surface area contributed by atoms with Crippen molar-refractivity contribution in [2.24, 2.45) is 0 Å². The van der Waals surface area contributed by atoms with Gasteiger partial charge < -0.3 is 0 Å². The van der Waals surface area contributed by atoms with Crippen molar-refractivity contribution in [2.45, 2.75) is 38.5 Å². The molecule has 1 nitrogen and oxygen atoms in total. The fourth-order valence-corrected chi connectivity index (χ4v) is 6.46. The van der Waals surface area contributed by atoms with Gasteiger partial charge in [-0.25, -0.2) is 4.98 Å². The molecule has 0 radical (unpaired) electrons. The van der Waals surface area contributed by atoms with E-state index in [9.17, 15) is 0 Å². The molecular weight excluding hydrogens is 555 g/mol. The summed E-state index contributed by atoms with van der Waals surface area (Å²) < 4.78 is 0. The number of fused-ring (bicyclic) bond motifs is 1. The smallest absolute Gasteiger partial charge is 0.0716 e. The van der Waals surface area contributed by atoms with E-state index in [0.29, 0.717) is 0 Å². The molecule has 0 saturated heterocycles. The number of pyridine rings is 1. The number of benzene rings is 6. The first kappa shape index (κ1) is 29.4. The summed E-state index contributed by atoms with van der Waals surface area (Å²) in [7, 11) is 0. The molecule has 0 unspecified atom stereocenters. The second-order valence-electron chi connectivity index (χ2n) is 12.2. The molecule has 6 aromatic carbocycles. The van der Waals surface area contributed by atoms with Crippen LogP contribution in [0.1, 0.15) is 36.8 Å². The molecule has 0 fully saturated rings. The van der Waals surface area contributed by atoms with Gasteiger partial charge in [0, 0.05) is 10.9 Å². The highest BCUT2D eigenvalue weighted by Crippen LogP contribution is 2.35. The third-order valence-corrected chi connectivity index (χ3v) is 8.94. The molecule has 1 heteroatoms. The number of aromatic nitrogens is 1. The Morgan fingerprint density at radius 2 is 0.891 bits per heavy atom. The van der Waals surface area contributed by atoms with E-state index in [1.54, 1.807) is 0 Å². The van der Waals surface area contributed by atoms with E-state index in [2.05, 4.69) is 164 Å². The van der Waals surface area contributed by atoms with Crippen LogP contribution in [-0.2, 0) is 12.8 Å². The molecule has 0 spiro atoms. The first-order valence-corrected chi connectivity index (χ1v) is 16.6. The van der Waals surface area contributed by atoms with E-state index < -0.39 is 0 Å². The lowest BCUT2D eigenvalue weighted by atomic mass is 9.94. The maximum atomic E-state index is 5.20. The number of aryl methyl sites for hydroxylation is 2. The van der Waals surface area contributed by atoms with Gasteiger partial charge in [0.25, 0.3) is 0 Å². The van der Waals surface area contributed by atoms with Crippen LogP contribution >= 0.6 is 0 Å². The molecule has 0 aliphatic rings. The Hall–Kier alpha value is -5.27. The summed E-state index contributed by atoms with van der Waals surface area (Å²) in [5.74, 6) is 0. The van der Waals surface area contributed by atoms with Gasteiger partial charge in [-0.1, -0.05) is 152 Å². The van der Waals surface area contributed by atoms with Crippen molar-refractivity contribution in [1.29, 1.82) is 0 Å². The first-order valence-electron chi connectivity index (χ1n) is 16.6. The summed E-state index contributed by atoms with van der Waals surface area (Å²) in [5.41, 5.74) is 13.3. The molecule has 0 N–H and O–H groups in total. The fourth-order valence-electron chi connectivity index (χ4n) is 6.46. The van der Waals surface area contributed by atoms with Crippen LogP contribution in [0.5, 0.6) is 0 Å². The Labute approximate surface area is 273 Å². The van der Waals surface area contributed by atoms with Crippen LogP contribution < -0.4 is 0 Å². The Balaban J connectivity index is 1.12. The number of hydrogen-bond acceptors (Lipinski definition) is 1. The fraction of sp³-hybridized carbons (Fsp3) is 0.133. The predicted octanol–water partition coefficient (Wildman–Crippen LogP) is 12.2. The zero-order valence-corrected chi connectivity index (χ0v) is 26.3. The molecule has 0 amide bonds. The number of hydrogen-bond donors (Lipinski definition) is 0. The number of unbranched alkanes of at least 4 members (excludes halogenated alkanes) is 3. The second kappa shape index (κ2) is 14.2. The minimum Gasteiger partial charge on any atom is -0.248 e. The highest BCUT2D eigenvalue weighted by molar-refractivity contribution is 5.99. The lowest BCUT2D eigenvalue weighted by Crippen LogP contribution is -1.92. The topological polar surface area (TPSA) is 12.9 Å². The van der Waals surface area contributed by atoms with Crippen molar-refractivity contribution in [3.05, 3.63) is 175 Å². The Bertz CT molecular complexity index is 2030. The average Bonchev–Trinajstić information content (AvgIpc) is 3.14. The van der Waals surface area contributed by atoms with E-state index in [0.717, 1.165) is 23.2 Å². The zero-order valence-electron chi connectivity index (χ0n) is 26.3. The number of nitrogens with zero attached hydrogens (tertiary/aromatic N) is 1. The molecule has 224 valence electrons. The third-order valence-electron chi connectivity index (χ3n) is 8.94. The summed E-state index contributed by atoms with van der Waals surface area (Å²) in [6, 6.07) is 59.0. The molecule has 7 aromatic rings. The lowest BCUT2D eigenvalue weighted by molar-refractivity contribution is 0.640. The zero-order chi connectivity index (χ0) is 31.0. The summed E-state index contributed by atoms with van der Waals surface area (Å²) in [6.07, 6.45) is 7.36. The van der Waals surface area contributed by atoms with Crippen LogP contribution in [-0.4, -0.2) is 4.98 Å². The third kappa shape index (κ3) is 7.00. The van der Waals surface area contributed by atoms with Crippen molar-refractivity contribution in [2.75, 3.05) is 0 Å². The van der Waals surface area contributed by atoms with E-state index in [4.69, 9.17) is 4.98 Å². The van der Waals surface area contributed by atoms with Crippen molar-refractivity contribution in [1.82, 2.24) is 4.98 Å². The van der Waals surface area contributed by atoms with Crippen LogP contribution in [0.15, 0.2) is 164 Å². The van der Waals surface area contributed by atoms with Crippen LogP contribution in [0, 0.1) is 0 Å². The summed E-state index contributed by atoms with van der Waals surface area (Å²) in [6.45, 7) is 0. The van der Waals surface area contributed by atoms with E-state index in [-0.39, 0.29) is 0 Å². The van der Waals surface area contributed by atoms with Gasteiger partial charge >= 0.3 is 0 Å². The van der Waals surface area contributed by atoms with Gasteiger partial charge in [-0.05, 0) is 94.5 Å². The van der Waals surface area contributed by atoms with Crippen LogP contribution in [0.25, 0.3) is 55.5 Å². The van der Waals surface area contributed by atoms with Crippen LogP contribution in [0.4, 0.5) is 0 Å². The highest BCUT2D eigenvalue weighted by Gasteiger charge is 2.12. The van der Waals surface area contributed by atoms with Crippen molar-refractivity contribution in [3.8, 4) is 44.6 Å². The van der Waals surface area contributed by atoms with Gasteiger partial charge in [-0.2, -0.15) is 0 Å². The van der Waals surface area contributed by atoms with Gasteiger partial charge in [0.1, 0.15) is 0 Å². The average molecular weight is 594 g/mol. The largest absolute Gasteiger partial charge is 0.248 e. The summed E-state index contributed by atoms with van der Waals surface area (Å²) in [4.78, 5) is 5.20. The molecule has 46 heavy (non-hydrogen) atoms. The maximum absolute atomic E-state index is 5.20. The van der Waals surface area contributed by atoms with Crippen LogP contribution in [0.2, 0.25) is 0 Å². The van der Waals surface area contributed by atoms with E-state index in [1.165, 1.54) is 82.0 Å². The van der Waals surface area contributed by atoms with Crippen molar-refractivity contribution >= 4 is 10.9 Å². The molecule has 0 atom stereocenters. The molecule has 7 rings (SSSR count). The second-order valence-corrected chi connectivity index (χ2v) is 12.2. The van der Waals surface area contributed by atoms with Gasteiger partial charge in [0.05, 0.1) is 11.2 Å². The molecule has 0 aliphatic heterocycles. The molecule has 0 aliphatic carbocycles. The minimum atomic E-state index is 0.993. The quantitative estimate of drug-likeness (QED) is 0.136. The van der Waals surface area contributed by atoms with Gasteiger partial charge in [-0.3, -0.25) is 0 Å². The molecule has 1 aromatic heterocycles. The normalized spacial score (nSPS) is 11.1. The van der Waals surface area contributed by atoms with Gasteiger partial charge in [0.2, 0.25) is 0 Å². The number of rotatable bonds is 11. The van der Waals surface area contributed by atoms with Gasteiger partial charge in [0.15, 0.2) is 0 Å². The highest BCUT2D eigenvalue weighted by atomic mass is 14.7. The SMILES string of the molecule is c1ccc(CCCCCCc2cccc(-c3cccc(-c4cc(-c5ccccc5)c5cc(-c6ccccc6)ccc5n4)c3)c2)cc1. The van der Waals surface area contributed by atoms with Crippen molar-refractivity contribution < 1.29 is 0 Å². The molecule has 0 saturated carbocycles. The molecule has 0 bridgehead atoms. The lowest BCUT2D eigenvalue weighted by Gasteiger charge is -2.13. The maximum Gasteiger partial charge on any atom is 0.0716 e. The summed E-state index contributed by atoms with van der Waals surface area (Å²) >= 11 is 0. The Morgan fingerprint density at radius 3 is 1.63 bits per heavy atom. The van der Waals surface area contributed by atoms with E-state index in [1.807, 2.05) is 0 Å². The molecular formula is C45H39N. The standard InChI is InChI=1S/C45H39N/c1(6-16-34-17-8-3-9-18-34)2-7-19-35-20-14-25-38(30-35)39-26-15-27-41(31-39)45-33-42(37-23-12-5-13-24-37)43-32-40(28-29-44(43)46-45)36-21-10-4-11-22-36/h3-5,8-15,17-18,20-33H,1-2,6-7,16,19H2. The Kier molecular flexibility index (Phi) is 9.10. The molecule has 1 heterocycles. The first-order chi connectivity index (χ1) is 22.8.